The first kappa shape index (κ1) is 18.6. The first-order valence-corrected chi connectivity index (χ1v) is 8.92. The van der Waals surface area contributed by atoms with Crippen LogP contribution >= 0.6 is 0 Å². The molecule has 0 radical (unpaired) electrons. The van der Waals surface area contributed by atoms with Gasteiger partial charge in [-0.15, -0.1) is 0 Å². The molecule has 3 aromatic rings. The van der Waals surface area contributed by atoms with Crippen molar-refractivity contribution < 1.29 is 4.79 Å². The minimum absolute atomic E-state index is 0.0783. The number of nitrogens with zero attached hydrogens (tertiary/aromatic N) is 2. The zero-order valence-corrected chi connectivity index (χ0v) is 15.7. The lowest BCUT2D eigenvalue weighted by Gasteiger charge is -2.25. The number of hydrogen-bond donors (Lipinski definition) is 1. The van der Waals surface area contributed by atoms with Gasteiger partial charge in [0.1, 0.15) is 0 Å². The second-order valence-corrected chi connectivity index (χ2v) is 6.78. The molecule has 140 valence electrons. The van der Waals surface area contributed by atoms with E-state index >= 15 is 0 Å². The third-order valence-corrected chi connectivity index (χ3v) is 4.97. The maximum absolute atomic E-state index is 12.6. The molecule has 1 N–H and O–H groups in total. The number of H-pyrrole nitrogens is 1. The van der Waals surface area contributed by atoms with Gasteiger partial charge >= 0.3 is 0 Å². The summed E-state index contributed by atoms with van der Waals surface area (Å²) < 4.78 is 1.22. The Hall–Kier alpha value is -3.15. The highest BCUT2D eigenvalue weighted by atomic mass is 16.2. The maximum atomic E-state index is 12.6. The molecule has 0 saturated heterocycles. The zero-order valence-electron chi connectivity index (χ0n) is 15.7. The van der Waals surface area contributed by atoms with Gasteiger partial charge in [-0.3, -0.25) is 19.5 Å². The van der Waals surface area contributed by atoms with Gasteiger partial charge in [0, 0.05) is 13.5 Å². The Labute approximate surface area is 157 Å². The number of rotatable bonds is 5. The van der Waals surface area contributed by atoms with Gasteiger partial charge in [0.15, 0.2) is 0 Å². The van der Waals surface area contributed by atoms with E-state index in [0.717, 1.165) is 5.56 Å². The second-order valence-electron chi connectivity index (χ2n) is 6.78. The summed E-state index contributed by atoms with van der Waals surface area (Å²) >= 11 is 0. The molecule has 1 unspecified atom stereocenters. The van der Waals surface area contributed by atoms with Gasteiger partial charge in [-0.2, -0.15) is 0 Å². The third kappa shape index (κ3) is 3.84. The van der Waals surface area contributed by atoms with E-state index in [-0.39, 0.29) is 36.0 Å². The van der Waals surface area contributed by atoms with Gasteiger partial charge in [0.05, 0.1) is 23.4 Å². The van der Waals surface area contributed by atoms with Gasteiger partial charge < -0.3 is 4.90 Å². The summed E-state index contributed by atoms with van der Waals surface area (Å²) in [7, 11) is 1.75. The predicted molar refractivity (Wildman–Crippen MR) is 106 cm³/mol. The average molecular weight is 365 g/mol. The molecule has 1 heterocycles. The molecule has 1 atom stereocenters. The Morgan fingerprint density at radius 2 is 1.70 bits per heavy atom. The summed E-state index contributed by atoms with van der Waals surface area (Å²) in [6.07, 6.45) is 0.126. The van der Waals surface area contributed by atoms with Crippen molar-refractivity contribution in [3.63, 3.8) is 0 Å². The van der Waals surface area contributed by atoms with Crippen molar-refractivity contribution in [2.75, 3.05) is 7.05 Å². The topological polar surface area (TPSA) is 75.2 Å². The molecule has 1 amide bonds. The predicted octanol–water partition coefficient (Wildman–Crippen LogP) is 2.61. The van der Waals surface area contributed by atoms with Gasteiger partial charge in [0.2, 0.25) is 5.91 Å². The second kappa shape index (κ2) is 7.61. The molecule has 3 rings (SSSR count). The summed E-state index contributed by atoms with van der Waals surface area (Å²) in [5.74, 6) is -0.0935. The Morgan fingerprint density at radius 3 is 2.37 bits per heavy atom. The van der Waals surface area contributed by atoms with Crippen LogP contribution < -0.4 is 11.1 Å². The molecule has 0 aliphatic rings. The van der Waals surface area contributed by atoms with Crippen LogP contribution in [0.3, 0.4) is 0 Å². The van der Waals surface area contributed by atoms with Crippen LogP contribution in [0.2, 0.25) is 0 Å². The van der Waals surface area contributed by atoms with E-state index in [2.05, 4.69) is 5.10 Å². The molecule has 27 heavy (non-hydrogen) atoms. The van der Waals surface area contributed by atoms with E-state index in [1.165, 1.54) is 10.2 Å². The summed E-state index contributed by atoms with van der Waals surface area (Å²) in [6.45, 7) is 4.11. The molecule has 0 aliphatic carbocycles. The average Bonchev–Trinajstić information content (AvgIpc) is 2.69. The number of fused-ring (bicyclic) bond motifs is 1. The van der Waals surface area contributed by atoms with Crippen LogP contribution in [0.1, 0.15) is 30.5 Å². The Balaban J connectivity index is 1.74. The van der Waals surface area contributed by atoms with Crippen molar-refractivity contribution in [1.29, 1.82) is 0 Å². The van der Waals surface area contributed by atoms with Crippen LogP contribution in [0.5, 0.6) is 0 Å². The van der Waals surface area contributed by atoms with E-state index in [1.807, 2.05) is 38.1 Å². The van der Waals surface area contributed by atoms with Crippen molar-refractivity contribution in [2.45, 2.75) is 32.9 Å². The Morgan fingerprint density at radius 1 is 1.07 bits per heavy atom. The van der Waals surface area contributed by atoms with Crippen LogP contribution in [0, 0.1) is 6.92 Å². The number of aromatic nitrogens is 2. The molecule has 6 nitrogen and oxygen atoms in total. The normalized spacial score (nSPS) is 12.1. The van der Waals surface area contributed by atoms with Gasteiger partial charge in [-0.25, -0.2) is 4.68 Å². The number of aryl methyl sites for hydroxylation is 2. The monoisotopic (exact) mass is 365 g/mol. The van der Waals surface area contributed by atoms with Crippen LogP contribution in [-0.2, 0) is 11.3 Å². The first-order valence-electron chi connectivity index (χ1n) is 8.92. The van der Waals surface area contributed by atoms with Crippen LogP contribution in [0.25, 0.3) is 10.8 Å². The molecule has 0 fully saturated rings. The molecule has 0 aliphatic heterocycles. The lowest BCUT2D eigenvalue weighted by atomic mass is 10.1. The number of benzene rings is 2. The van der Waals surface area contributed by atoms with Crippen molar-refractivity contribution in [2.24, 2.45) is 0 Å². The molecular weight excluding hydrogens is 342 g/mol. The highest BCUT2D eigenvalue weighted by molar-refractivity contribution is 5.80. The van der Waals surface area contributed by atoms with Crippen molar-refractivity contribution in [3.05, 3.63) is 80.4 Å². The molecule has 0 saturated carbocycles. The Bertz CT molecular complexity index is 1080. The number of carbonyl (C=O) groups excluding carboxylic acids is 1. The number of nitrogens with one attached hydrogen (secondary N) is 1. The van der Waals surface area contributed by atoms with E-state index in [0.29, 0.717) is 10.8 Å². The van der Waals surface area contributed by atoms with E-state index in [4.69, 9.17) is 0 Å². The molecule has 2 aromatic carbocycles. The van der Waals surface area contributed by atoms with E-state index < -0.39 is 0 Å². The quantitative estimate of drug-likeness (QED) is 0.755. The number of amides is 1. The SMILES string of the molecule is Cc1ccc(C(C)N(C)C(=O)CCn2[nH]c(=O)c3ccccc3c2=O)cc1. The maximum Gasteiger partial charge on any atom is 0.273 e. The first-order chi connectivity index (χ1) is 12.9. The van der Waals surface area contributed by atoms with Gasteiger partial charge in [-0.05, 0) is 31.5 Å². The molecule has 0 bridgehead atoms. The fraction of sp³-hybridized carbons (Fsp3) is 0.286. The standard InChI is InChI=1S/C21H23N3O3/c1-14-8-10-16(11-9-14)15(2)23(3)19(25)12-13-24-21(27)18-7-5-4-6-17(18)20(26)22-24/h4-11,15H,12-13H2,1-3H3,(H,22,26). The van der Waals surface area contributed by atoms with E-state index in [9.17, 15) is 14.4 Å². The summed E-state index contributed by atoms with van der Waals surface area (Å²) in [4.78, 5) is 38.9. The third-order valence-electron chi connectivity index (χ3n) is 4.97. The highest BCUT2D eigenvalue weighted by Crippen LogP contribution is 2.19. The summed E-state index contributed by atoms with van der Waals surface area (Å²) in [5.41, 5.74) is 1.58. The highest BCUT2D eigenvalue weighted by Gasteiger charge is 2.18. The molecule has 1 aromatic heterocycles. The Kier molecular flexibility index (Phi) is 5.26. The fourth-order valence-electron chi connectivity index (χ4n) is 3.07. The van der Waals surface area contributed by atoms with Gasteiger partial charge in [0.25, 0.3) is 11.1 Å². The summed E-state index contributed by atoms with van der Waals surface area (Å²) in [6, 6.07) is 14.6. The smallest absolute Gasteiger partial charge is 0.273 e. The fourth-order valence-corrected chi connectivity index (χ4v) is 3.07. The minimum Gasteiger partial charge on any atom is -0.339 e. The van der Waals surface area contributed by atoms with Crippen molar-refractivity contribution in [3.8, 4) is 0 Å². The van der Waals surface area contributed by atoms with Gasteiger partial charge in [-0.1, -0.05) is 42.0 Å². The lowest BCUT2D eigenvalue weighted by molar-refractivity contribution is -0.132. The van der Waals surface area contributed by atoms with E-state index in [1.54, 1.807) is 36.2 Å². The van der Waals surface area contributed by atoms with Crippen molar-refractivity contribution in [1.82, 2.24) is 14.7 Å². The van der Waals surface area contributed by atoms with Crippen molar-refractivity contribution >= 4 is 16.7 Å². The minimum atomic E-state index is -0.334. The molecular formula is C21H23N3O3. The van der Waals surface area contributed by atoms with Crippen LogP contribution in [0.4, 0.5) is 0 Å². The van der Waals surface area contributed by atoms with Crippen LogP contribution in [0.15, 0.2) is 58.1 Å². The zero-order chi connectivity index (χ0) is 19.6. The number of aromatic amines is 1. The number of hydrogen-bond acceptors (Lipinski definition) is 3. The number of carbonyl (C=O) groups is 1. The molecule has 6 heteroatoms. The summed E-state index contributed by atoms with van der Waals surface area (Å²) in [5, 5.41) is 3.27. The molecule has 0 spiro atoms. The largest absolute Gasteiger partial charge is 0.339 e. The van der Waals surface area contributed by atoms with Crippen LogP contribution in [-0.4, -0.2) is 27.6 Å². The lowest BCUT2D eigenvalue weighted by Crippen LogP contribution is -2.34.